The number of benzene rings is 1. The Balaban J connectivity index is 2.75. The van der Waals surface area contributed by atoms with Gasteiger partial charge in [-0.1, -0.05) is 18.2 Å². The van der Waals surface area contributed by atoms with Crippen molar-refractivity contribution in [3.05, 3.63) is 34.4 Å². The Hall–Kier alpha value is -0.870. The van der Waals surface area contributed by atoms with Gasteiger partial charge >= 0.3 is 0 Å². The molecule has 1 unspecified atom stereocenters. The Morgan fingerprint density at radius 2 is 2.13 bits per heavy atom. The molecule has 1 aromatic heterocycles. The van der Waals surface area contributed by atoms with E-state index in [0.717, 1.165) is 15.4 Å². The second kappa shape index (κ2) is 3.94. The molecule has 2 rings (SSSR count). The number of para-hydroxylation sites is 1. The lowest BCUT2D eigenvalue weighted by molar-refractivity contribution is 0.134. The van der Waals surface area contributed by atoms with Crippen LogP contribution in [-0.2, 0) is 7.05 Å². The van der Waals surface area contributed by atoms with Crippen molar-refractivity contribution in [2.45, 2.75) is 6.10 Å². The first kappa shape index (κ1) is 10.6. The molecule has 15 heavy (non-hydrogen) atoms. The number of aliphatic hydroxyl groups excluding tert-OH is 1. The molecule has 1 atom stereocenters. The van der Waals surface area contributed by atoms with Crippen molar-refractivity contribution in [2.24, 2.45) is 7.05 Å². The first-order chi connectivity index (χ1) is 7.16. The minimum absolute atomic E-state index is 0.582. The summed E-state index contributed by atoms with van der Waals surface area (Å²) < 4.78 is 15.1. The molecule has 2 aromatic rings. The highest BCUT2D eigenvalue weighted by molar-refractivity contribution is 9.10. The molecule has 0 spiro atoms. The highest BCUT2D eigenvalue weighted by Crippen LogP contribution is 2.33. The molecule has 1 N–H and O–H groups in total. The van der Waals surface area contributed by atoms with Gasteiger partial charge in [0.25, 0.3) is 0 Å². The van der Waals surface area contributed by atoms with E-state index in [-0.39, 0.29) is 0 Å². The van der Waals surface area contributed by atoms with Crippen LogP contribution in [0.5, 0.6) is 0 Å². The molecule has 0 aliphatic heterocycles. The first-order valence-electron chi connectivity index (χ1n) is 4.63. The van der Waals surface area contributed by atoms with Gasteiger partial charge in [0.15, 0.2) is 0 Å². The summed E-state index contributed by atoms with van der Waals surface area (Å²) in [4.78, 5) is 0. The summed E-state index contributed by atoms with van der Waals surface area (Å²) >= 11 is 3.40. The molecule has 0 amide bonds. The van der Waals surface area contributed by atoms with Crippen molar-refractivity contribution in [3.63, 3.8) is 0 Å². The normalized spacial score (nSPS) is 13.3. The number of alkyl halides is 1. The van der Waals surface area contributed by atoms with Crippen molar-refractivity contribution in [1.29, 1.82) is 0 Å². The van der Waals surface area contributed by atoms with Crippen LogP contribution in [0.15, 0.2) is 28.7 Å². The molecule has 1 aromatic carbocycles. The number of fused-ring (bicyclic) bond motifs is 1. The van der Waals surface area contributed by atoms with Gasteiger partial charge in [0.05, 0.1) is 5.69 Å². The minimum atomic E-state index is -1.07. The second-order valence-electron chi connectivity index (χ2n) is 3.45. The fraction of sp³-hybridized carbons (Fsp3) is 0.273. The zero-order valence-electron chi connectivity index (χ0n) is 8.24. The predicted octanol–water partition coefficient (Wildman–Crippen LogP) is 2.94. The summed E-state index contributed by atoms with van der Waals surface area (Å²) in [6.45, 7) is -0.775. The van der Waals surface area contributed by atoms with Gasteiger partial charge in [-0.25, -0.2) is 4.39 Å². The SMILES string of the molecule is Cn1c(C(O)CF)c(Br)c2ccccc21. The van der Waals surface area contributed by atoms with Crippen LogP contribution in [0.25, 0.3) is 10.9 Å². The Labute approximate surface area is 95.5 Å². The third kappa shape index (κ3) is 1.58. The number of nitrogens with zero attached hydrogens (tertiary/aromatic N) is 1. The molecule has 0 radical (unpaired) electrons. The van der Waals surface area contributed by atoms with Gasteiger partial charge < -0.3 is 9.67 Å². The number of halogens is 2. The molecular formula is C11H11BrFNO. The lowest BCUT2D eigenvalue weighted by atomic mass is 10.2. The summed E-state index contributed by atoms with van der Waals surface area (Å²) in [5.41, 5.74) is 1.56. The molecule has 0 bridgehead atoms. The summed E-state index contributed by atoms with van der Waals surface area (Å²) in [5, 5.41) is 10.6. The van der Waals surface area contributed by atoms with Gasteiger partial charge in [0, 0.05) is 22.4 Å². The number of aromatic nitrogens is 1. The van der Waals surface area contributed by atoms with E-state index < -0.39 is 12.8 Å². The van der Waals surface area contributed by atoms with Gasteiger partial charge in [0.2, 0.25) is 0 Å². The molecule has 4 heteroatoms. The quantitative estimate of drug-likeness (QED) is 0.893. The van der Waals surface area contributed by atoms with Gasteiger partial charge in [-0.15, -0.1) is 0 Å². The van der Waals surface area contributed by atoms with Gasteiger partial charge in [-0.05, 0) is 22.0 Å². The van der Waals surface area contributed by atoms with Crippen LogP contribution in [0.2, 0.25) is 0 Å². The van der Waals surface area contributed by atoms with E-state index in [2.05, 4.69) is 15.9 Å². The lowest BCUT2D eigenvalue weighted by Gasteiger charge is -2.08. The van der Waals surface area contributed by atoms with Crippen LogP contribution in [0.4, 0.5) is 4.39 Å². The first-order valence-corrected chi connectivity index (χ1v) is 5.43. The summed E-state index contributed by atoms with van der Waals surface area (Å²) in [6, 6.07) is 7.71. The Bertz CT molecular complexity index is 456. The molecular weight excluding hydrogens is 261 g/mol. The van der Waals surface area contributed by atoms with E-state index in [1.165, 1.54) is 0 Å². The number of aliphatic hydroxyl groups is 1. The van der Waals surface area contributed by atoms with Crippen LogP contribution in [0, 0.1) is 0 Å². The topological polar surface area (TPSA) is 25.2 Å². The van der Waals surface area contributed by atoms with Crippen LogP contribution in [0.1, 0.15) is 11.8 Å². The Kier molecular flexibility index (Phi) is 2.80. The molecule has 1 heterocycles. The largest absolute Gasteiger partial charge is 0.384 e. The third-order valence-electron chi connectivity index (χ3n) is 2.55. The van der Waals surface area contributed by atoms with Gasteiger partial charge in [-0.2, -0.15) is 0 Å². The highest BCUT2D eigenvalue weighted by atomic mass is 79.9. The summed E-state index contributed by atoms with van der Waals surface area (Å²) in [7, 11) is 1.82. The summed E-state index contributed by atoms with van der Waals surface area (Å²) in [6.07, 6.45) is -1.07. The van der Waals surface area contributed by atoms with Gasteiger partial charge in [-0.3, -0.25) is 0 Å². The van der Waals surface area contributed by atoms with Crippen LogP contribution < -0.4 is 0 Å². The Morgan fingerprint density at radius 3 is 2.73 bits per heavy atom. The Morgan fingerprint density at radius 1 is 1.47 bits per heavy atom. The van der Waals surface area contributed by atoms with Gasteiger partial charge in [0.1, 0.15) is 12.8 Å². The minimum Gasteiger partial charge on any atom is -0.384 e. The fourth-order valence-electron chi connectivity index (χ4n) is 1.81. The number of hydrogen-bond acceptors (Lipinski definition) is 1. The highest BCUT2D eigenvalue weighted by Gasteiger charge is 2.19. The molecule has 0 saturated heterocycles. The van der Waals surface area contributed by atoms with Crippen molar-refractivity contribution >= 4 is 26.8 Å². The number of rotatable bonds is 2. The van der Waals surface area contributed by atoms with Crippen molar-refractivity contribution in [1.82, 2.24) is 4.57 Å². The molecule has 2 nitrogen and oxygen atoms in total. The lowest BCUT2D eigenvalue weighted by Crippen LogP contribution is -2.06. The number of hydrogen-bond donors (Lipinski definition) is 1. The molecule has 0 aliphatic rings. The third-order valence-corrected chi connectivity index (χ3v) is 3.38. The molecule has 0 saturated carbocycles. The maximum Gasteiger partial charge on any atom is 0.123 e. The van der Waals surface area contributed by atoms with E-state index >= 15 is 0 Å². The maximum atomic E-state index is 12.5. The van der Waals surface area contributed by atoms with E-state index in [4.69, 9.17) is 0 Å². The van der Waals surface area contributed by atoms with Crippen molar-refractivity contribution in [3.8, 4) is 0 Å². The van der Waals surface area contributed by atoms with Crippen LogP contribution in [-0.4, -0.2) is 16.3 Å². The predicted molar refractivity (Wildman–Crippen MR) is 61.6 cm³/mol. The average molecular weight is 272 g/mol. The van der Waals surface area contributed by atoms with E-state index in [1.54, 1.807) is 0 Å². The van der Waals surface area contributed by atoms with E-state index in [9.17, 15) is 9.50 Å². The van der Waals surface area contributed by atoms with Crippen molar-refractivity contribution in [2.75, 3.05) is 6.67 Å². The zero-order chi connectivity index (χ0) is 11.0. The maximum absolute atomic E-state index is 12.5. The second-order valence-corrected chi connectivity index (χ2v) is 4.24. The molecule has 0 fully saturated rings. The van der Waals surface area contributed by atoms with Crippen LogP contribution >= 0.6 is 15.9 Å². The monoisotopic (exact) mass is 271 g/mol. The van der Waals surface area contributed by atoms with E-state index in [0.29, 0.717) is 5.69 Å². The summed E-state index contributed by atoms with van der Waals surface area (Å²) in [5.74, 6) is 0. The zero-order valence-corrected chi connectivity index (χ0v) is 9.83. The van der Waals surface area contributed by atoms with Crippen LogP contribution in [0.3, 0.4) is 0 Å². The smallest absolute Gasteiger partial charge is 0.123 e. The fourth-order valence-corrected chi connectivity index (χ4v) is 2.68. The molecule has 0 aliphatic carbocycles. The molecule has 80 valence electrons. The average Bonchev–Trinajstić information content (AvgIpc) is 2.52. The standard InChI is InChI=1S/C11H11BrFNO/c1-14-8-5-3-2-4-7(8)10(12)11(14)9(15)6-13/h2-5,9,15H,6H2,1H3. The number of aryl methyl sites for hydroxylation is 1. The van der Waals surface area contributed by atoms with E-state index in [1.807, 2.05) is 35.9 Å². The van der Waals surface area contributed by atoms with Crippen molar-refractivity contribution < 1.29 is 9.50 Å².